The van der Waals surface area contributed by atoms with Crippen LogP contribution in [0.15, 0.2) is 72.9 Å². The van der Waals surface area contributed by atoms with Gasteiger partial charge in [0, 0.05) is 6.42 Å². The van der Waals surface area contributed by atoms with E-state index in [0.29, 0.717) is 19.3 Å². The van der Waals surface area contributed by atoms with Crippen LogP contribution in [0.3, 0.4) is 0 Å². The molecular weight excluding hydrogens is 719 g/mol. The van der Waals surface area contributed by atoms with Crippen LogP contribution in [0, 0.1) is 0 Å². The first-order chi connectivity index (χ1) is 28.5. The fourth-order valence-electron chi connectivity index (χ4n) is 7.02. The largest absolute Gasteiger partial charge is 0.462 e. The van der Waals surface area contributed by atoms with E-state index in [1.165, 1.54) is 89.9 Å². The molecule has 0 saturated carbocycles. The van der Waals surface area contributed by atoms with Crippen molar-refractivity contribution in [3.63, 3.8) is 0 Å². The first-order valence-electron chi connectivity index (χ1n) is 24.2. The van der Waals surface area contributed by atoms with Crippen molar-refractivity contribution in [3.05, 3.63) is 72.9 Å². The fourth-order valence-corrected chi connectivity index (χ4v) is 7.02. The molecule has 0 aliphatic heterocycles. The molecule has 0 fully saturated rings. The third kappa shape index (κ3) is 40.1. The second-order valence-corrected chi connectivity index (χ2v) is 16.2. The van der Waals surface area contributed by atoms with Crippen LogP contribution in [0.2, 0.25) is 0 Å². The van der Waals surface area contributed by atoms with Crippen LogP contribution < -0.4 is 5.32 Å². The van der Waals surface area contributed by atoms with Crippen molar-refractivity contribution in [1.82, 2.24) is 5.32 Å². The molecular formula is C52H91NO5. The molecule has 58 heavy (non-hydrogen) atoms. The SMILES string of the molecule is CC/C=C/C=C/C=C\CCCCCC(CC(=O)NC(CO)C(O)CCCCCCCCCCCCCCC)OC(=O)CCCCCCCCC/C=C/C=C/C=C/CC. The quantitative estimate of drug-likeness (QED) is 0.0324. The predicted octanol–water partition coefficient (Wildman–Crippen LogP) is 14.2. The predicted molar refractivity (Wildman–Crippen MR) is 250 cm³/mol. The summed E-state index contributed by atoms with van der Waals surface area (Å²) in [5.41, 5.74) is 0. The standard InChI is InChI=1S/C52H91NO5/c1-4-7-10-13-16-19-22-24-25-27-30-33-36-39-42-45-52(57)58-48(43-40-37-34-31-28-21-18-15-12-9-6-3)46-51(56)53-49(47-54)50(55)44-41-38-35-32-29-26-23-20-17-14-11-8-5-2/h7,9-10,12-13,15-16,18-19,21-22,28,48-50,54-55H,4-6,8,11,14,17,20,23-27,29-47H2,1-3H3,(H,53,56)/b10-7+,12-9+,16-13+,18-15+,22-19+,28-21-. The van der Waals surface area contributed by atoms with Crippen molar-refractivity contribution in [2.45, 2.75) is 238 Å². The Kier molecular flexibility index (Phi) is 43.3. The number of aliphatic hydroxyl groups is 2. The molecule has 1 amide bonds. The molecule has 0 aromatic heterocycles. The summed E-state index contributed by atoms with van der Waals surface area (Å²) in [7, 11) is 0. The average Bonchev–Trinajstić information content (AvgIpc) is 3.22. The van der Waals surface area contributed by atoms with Gasteiger partial charge in [0.25, 0.3) is 0 Å². The fraction of sp³-hybridized carbons (Fsp3) is 0.731. The molecule has 6 nitrogen and oxygen atoms in total. The number of amides is 1. The van der Waals surface area contributed by atoms with E-state index in [9.17, 15) is 19.8 Å². The molecule has 0 aliphatic rings. The normalized spacial score (nSPS) is 13.9. The second kappa shape index (κ2) is 45.4. The van der Waals surface area contributed by atoms with Gasteiger partial charge in [-0.2, -0.15) is 0 Å². The zero-order valence-corrected chi connectivity index (χ0v) is 37.9. The summed E-state index contributed by atoms with van der Waals surface area (Å²) >= 11 is 0. The number of carbonyl (C=O) groups excluding carboxylic acids is 2. The minimum atomic E-state index is -0.801. The Balaban J connectivity index is 4.60. The summed E-state index contributed by atoms with van der Waals surface area (Å²) in [6, 6.07) is -0.717. The molecule has 334 valence electrons. The third-order valence-electron chi connectivity index (χ3n) is 10.7. The number of aliphatic hydroxyl groups excluding tert-OH is 2. The molecule has 0 saturated heterocycles. The van der Waals surface area contributed by atoms with E-state index in [0.717, 1.165) is 83.5 Å². The number of esters is 1. The van der Waals surface area contributed by atoms with Gasteiger partial charge in [0.2, 0.25) is 5.91 Å². The number of hydrogen-bond acceptors (Lipinski definition) is 5. The molecule has 0 rings (SSSR count). The highest BCUT2D eigenvalue weighted by molar-refractivity contribution is 5.77. The van der Waals surface area contributed by atoms with Crippen LogP contribution in [-0.4, -0.2) is 46.9 Å². The summed E-state index contributed by atoms with van der Waals surface area (Å²) in [5.74, 6) is -0.527. The summed E-state index contributed by atoms with van der Waals surface area (Å²) < 4.78 is 5.89. The number of hydrogen-bond donors (Lipinski definition) is 3. The van der Waals surface area contributed by atoms with Crippen molar-refractivity contribution in [1.29, 1.82) is 0 Å². The van der Waals surface area contributed by atoms with E-state index in [4.69, 9.17) is 4.74 Å². The van der Waals surface area contributed by atoms with E-state index in [2.05, 4.69) is 86.8 Å². The second-order valence-electron chi connectivity index (χ2n) is 16.2. The van der Waals surface area contributed by atoms with E-state index >= 15 is 0 Å². The van der Waals surface area contributed by atoms with Gasteiger partial charge in [0.1, 0.15) is 6.10 Å². The Morgan fingerprint density at radius 3 is 1.41 bits per heavy atom. The lowest BCUT2D eigenvalue weighted by atomic mass is 10.0. The molecule has 0 bridgehead atoms. The summed E-state index contributed by atoms with van der Waals surface area (Å²) in [5, 5.41) is 23.7. The van der Waals surface area contributed by atoms with Crippen molar-refractivity contribution in [3.8, 4) is 0 Å². The molecule has 0 radical (unpaired) electrons. The van der Waals surface area contributed by atoms with Crippen molar-refractivity contribution in [2.24, 2.45) is 0 Å². The van der Waals surface area contributed by atoms with Crippen LogP contribution >= 0.6 is 0 Å². The summed E-state index contributed by atoms with van der Waals surface area (Å²) in [4.78, 5) is 26.0. The number of nitrogens with one attached hydrogen (secondary N) is 1. The van der Waals surface area contributed by atoms with Crippen molar-refractivity contribution < 1.29 is 24.5 Å². The summed E-state index contributed by atoms with van der Waals surface area (Å²) in [6.07, 6.45) is 56.8. The van der Waals surface area contributed by atoms with Gasteiger partial charge in [-0.1, -0.05) is 216 Å². The zero-order valence-electron chi connectivity index (χ0n) is 37.9. The third-order valence-corrected chi connectivity index (χ3v) is 10.7. The van der Waals surface area contributed by atoms with Gasteiger partial charge in [-0.3, -0.25) is 9.59 Å². The Morgan fingerprint density at radius 2 is 0.931 bits per heavy atom. The maximum atomic E-state index is 13.2. The van der Waals surface area contributed by atoms with E-state index < -0.39 is 18.2 Å². The molecule has 0 aromatic rings. The van der Waals surface area contributed by atoms with Crippen LogP contribution in [0.4, 0.5) is 0 Å². The zero-order chi connectivity index (χ0) is 42.4. The minimum Gasteiger partial charge on any atom is -0.462 e. The molecule has 0 aliphatic carbocycles. The van der Waals surface area contributed by atoms with Gasteiger partial charge in [-0.05, 0) is 64.2 Å². The van der Waals surface area contributed by atoms with E-state index in [1.807, 2.05) is 12.2 Å². The van der Waals surface area contributed by atoms with Gasteiger partial charge in [0.05, 0.1) is 25.2 Å². The van der Waals surface area contributed by atoms with Crippen LogP contribution in [-0.2, 0) is 14.3 Å². The highest BCUT2D eigenvalue weighted by Crippen LogP contribution is 2.17. The van der Waals surface area contributed by atoms with E-state index in [-0.39, 0.29) is 24.9 Å². The first-order valence-corrected chi connectivity index (χ1v) is 24.2. The summed E-state index contributed by atoms with van der Waals surface area (Å²) in [6.45, 7) is 6.19. The van der Waals surface area contributed by atoms with E-state index in [1.54, 1.807) is 0 Å². The number of unbranched alkanes of at least 4 members (excludes halogenated alkanes) is 22. The van der Waals surface area contributed by atoms with Crippen molar-refractivity contribution >= 4 is 11.9 Å². The molecule has 0 heterocycles. The lowest BCUT2D eigenvalue weighted by Crippen LogP contribution is -2.46. The lowest BCUT2D eigenvalue weighted by Gasteiger charge is -2.24. The van der Waals surface area contributed by atoms with Gasteiger partial charge >= 0.3 is 5.97 Å². The monoisotopic (exact) mass is 810 g/mol. The Bertz CT molecular complexity index is 1090. The van der Waals surface area contributed by atoms with Crippen LogP contribution in [0.5, 0.6) is 0 Å². The molecule has 0 aromatic carbocycles. The Morgan fingerprint density at radius 1 is 0.517 bits per heavy atom. The molecule has 6 heteroatoms. The minimum absolute atomic E-state index is 0.0467. The van der Waals surface area contributed by atoms with Gasteiger partial charge in [0.15, 0.2) is 0 Å². The topological polar surface area (TPSA) is 95.9 Å². The van der Waals surface area contributed by atoms with Crippen LogP contribution in [0.1, 0.15) is 220 Å². The molecule has 3 unspecified atom stereocenters. The molecule has 3 N–H and O–H groups in total. The highest BCUT2D eigenvalue weighted by Gasteiger charge is 2.24. The van der Waals surface area contributed by atoms with Crippen molar-refractivity contribution in [2.75, 3.05) is 6.61 Å². The number of allylic oxidation sites excluding steroid dienone is 12. The highest BCUT2D eigenvalue weighted by atomic mass is 16.5. The van der Waals surface area contributed by atoms with Crippen LogP contribution in [0.25, 0.3) is 0 Å². The number of carbonyl (C=O) groups is 2. The molecule has 3 atom stereocenters. The number of rotatable bonds is 42. The van der Waals surface area contributed by atoms with Gasteiger partial charge in [-0.25, -0.2) is 0 Å². The lowest BCUT2D eigenvalue weighted by molar-refractivity contribution is -0.151. The smallest absolute Gasteiger partial charge is 0.306 e. The Hall–Kier alpha value is -2.70. The maximum absolute atomic E-state index is 13.2. The molecule has 0 spiro atoms. The maximum Gasteiger partial charge on any atom is 0.306 e. The number of ether oxygens (including phenoxy) is 1. The van der Waals surface area contributed by atoms with Gasteiger partial charge < -0.3 is 20.3 Å². The first kappa shape index (κ1) is 55.3. The Labute approximate surface area is 358 Å². The average molecular weight is 810 g/mol. The van der Waals surface area contributed by atoms with Gasteiger partial charge in [-0.15, -0.1) is 0 Å².